The zero-order chi connectivity index (χ0) is 19.6. The minimum atomic E-state index is -1.26. The highest BCUT2D eigenvalue weighted by molar-refractivity contribution is 6.42. The molecule has 26 heavy (non-hydrogen) atoms. The van der Waals surface area contributed by atoms with Gasteiger partial charge in [0, 0.05) is 24.7 Å². The molecule has 0 saturated carbocycles. The van der Waals surface area contributed by atoms with Crippen molar-refractivity contribution < 1.29 is 24.5 Å². The lowest BCUT2D eigenvalue weighted by Gasteiger charge is -2.37. The first kappa shape index (κ1) is 22.4. The molecule has 1 heterocycles. The number of hydrogen-bond acceptors (Lipinski definition) is 4. The van der Waals surface area contributed by atoms with Crippen molar-refractivity contribution in [1.82, 2.24) is 5.32 Å². The van der Waals surface area contributed by atoms with Crippen molar-refractivity contribution in [2.75, 3.05) is 26.8 Å². The van der Waals surface area contributed by atoms with Gasteiger partial charge in [0.15, 0.2) is 0 Å². The number of hydrogen-bond donors (Lipinski definition) is 3. The summed E-state index contributed by atoms with van der Waals surface area (Å²) in [5, 5.41) is 20.3. The van der Waals surface area contributed by atoms with E-state index in [1.54, 1.807) is 7.11 Å². The maximum atomic E-state index is 9.55. The van der Waals surface area contributed by atoms with Crippen molar-refractivity contribution >= 4 is 35.1 Å². The predicted octanol–water partition coefficient (Wildman–Crippen LogP) is 3.26. The molecule has 3 N–H and O–H groups in total. The lowest BCUT2D eigenvalue weighted by atomic mass is 9.75. The molecule has 1 aromatic carbocycles. The molecular formula is C18H23Cl2NO5. The Bertz CT molecular complexity index is 621. The molecule has 1 fully saturated rings. The second kappa shape index (κ2) is 11.2. The number of benzene rings is 1. The molecule has 0 aliphatic carbocycles. The molecule has 0 atom stereocenters. The van der Waals surface area contributed by atoms with E-state index in [4.69, 9.17) is 38.2 Å². The highest BCUT2D eigenvalue weighted by Crippen LogP contribution is 2.34. The van der Waals surface area contributed by atoms with Crippen LogP contribution in [0.4, 0.5) is 0 Å². The van der Waals surface area contributed by atoms with Gasteiger partial charge >= 0.3 is 11.9 Å². The molecule has 1 aliphatic rings. The minimum absolute atomic E-state index is 0.233. The maximum absolute atomic E-state index is 9.55. The number of nitrogens with one attached hydrogen (secondary N) is 1. The summed E-state index contributed by atoms with van der Waals surface area (Å²) in [7, 11) is 1.78. The zero-order valence-electron chi connectivity index (χ0n) is 14.5. The molecule has 1 aromatic rings. The van der Waals surface area contributed by atoms with Crippen LogP contribution in [0.5, 0.6) is 0 Å². The molecule has 8 heteroatoms. The van der Waals surface area contributed by atoms with Crippen LogP contribution in [0.1, 0.15) is 18.4 Å². The summed E-state index contributed by atoms with van der Waals surface area (Å²) in [4.78, 5) is 19.1. The average molecular weight is 404 g/mol. The van der Waals surface area contributed by atoms with Crippen LogP contribution in [0.25, 0.3) is 0 Å². The fourth-order valence-electron chi connectivity index (χ4n) is 2.86. The van der Waals surface area contributed by atoms with E-state index in [9.17, 15) is 9.59 Å². The third kappa shape index (κ3) is 8.19. The topological polar surface area (TPSA) is 95.9 Å². The van der Waals surface area contributed by atoms with Crippen molar-refractivity contribution in [1.29, 1.82) is 0 Å². The van der Waals surface area contributed by atoms with Crippen molar-refractivity contribution in [2.24, 2.45) is 5.41 Å². The molecule has 6 nitrogen and oxygen atoms in total. The van der Waals surface area contributed by atoms with Gasteiger partial charge in [0.1, 0.15) is 0 Å². The highest BCUT2D eigenvalue weighted by Gasteiger charge is 2.32. The first-order valence-electron chi connectivity index (χ1n) is 8.05. The standard InChI is InChI=1S/C14H19Cl2NO.C4H4O4/c1-18-10-14(4-6-17-7-5-14)9-11-2-3-12(15)13(16)8-11;5-3(6)1-2-4(7)8/h2-3,8,17H,4-7,9-10H2,1H3;1-2H,(H,5,6)(H,7,8)/b;2-1+. The Morgan fingerprint density at radius 3 is 2.19 bits per heavy atom. The molecule has 0 amide bonds. The van der Waals surface area contributed by atoms with Crippen LogP contribution in [0, 0.1) is 5.41 Å². The lowest BCUT2D eigenvalue weighted by Crippen LogP contribution is -2.41. The largest absolute Gasteiger partial charge is 0.478 e. The van der Waals surface area contributed by atoms with Crippen molar-refractivity contribution in [3.05, 3.63) is 46.0 Å². The fourth-order valence-corrected chi connectivity index (χ4v) is 3.18. The molecule has 0 radical (unpaired) electrons. The highest BCUT2D eigenvalue weighted by atomic mass is 35.5. The fraction of sp³-hybridized carbons (Fsp3) is 0.444. The van der Waals surface area contributed by atoms with E-state index in [0.717, 1.165) is 39.0 Å². The summed E-state index contributed by atoms with van der Waals surface area (Å²) >= 11 is 12.0. The molecule has 144 valence electrons. The molecule has 0 aromatic heterocycles. The predicted molar refractivity (Wildman–Crippen MR) is 101 cm³/mol. The summed E-state index contributed by atoms with van der Waals surface area (Å²) in [6, 6.07) is 5.91. The Hall–Kier alpha value is -1.60. The lowest BCUT2D eigenvalue weighted by molar-refractivity contribution is -0.134. The summed E-state index contributed by atoms with van der Waals surface area (Å²) in [6.45, 7) is 2.92. The van der Waals surface area contributed by atoms with Crippen LogP contribution in [-0.2, 0) is 20.7 Å². The third-order valence-corrected chi connectivity index (χ3v) is 4.79. The first-order chi connectivity index (χ1) is 12.3. The van der Waals surface area contributed by atoms with Crippen LogP contribution in [0.15, 0.2) is 30.4 Å². The van der Waals surface area contributed by atoms with Crippen LogP contribution in [0.3, 0.4) is 0 Å². The van der Waals surface area contributed by atoms with Crippen LogP contribution in [-0.4, -0.2) is 49.0 Å². The third-order valence-electron chi connectivity index (χ3n) is 4.05. The van der Waals surface area contributed by atoms with E-state index in [1.165, 1.54) is 5.56 Å². The number of rotatable bonds is 6. The maximum Gasteiger partial charge on any atom is 0.328 e. The average Bonchev–Trinajstić information content (AvgIpc) is 2.58. The van der Waals surface area contributed by atoms with Gasteiger partial charge in [-0.25, -0.2) is 9.59 Å². The van der Waals surface area contributed by atoms with Crippen molar-refractivity contribution in [3.8, 4) is 0 Å². The van der Waals surface area contributed by atoms with E-state index in [1.807, 2.05) is 12.1 Å². The van der Waals surface area contributed by atoms with Gasteiger partial charge < -0.3 is 20.3 Å². The minimum Gasteiger partial charge on any atom is -0.478 e. The quantitative estimate of drug-likeness (QED) is 0.630. The Morgan fingerprint density at radius 2 is 1.73 bits per heavy atom. The first-order valence-corrected chi connectivity index (χ1v) is 8.81. The van der Waals surface area contributed by atoms with Gasteiger partial charge in [0.05, 0.1) is 16.7 Å². The zero-order valence-corrected chi connectivity index (χ0v) is 16.0. The number of piperidine rings is 1. The second-order valence-electron chi connectivity index (χ2n) is 6.12. The number of carboxylic acid groups (broad SMARTS) is 2. The molecule has 1 aliphatic heterocycles. The van der Waals surface area contributed by atoms with Gasteiger partial charge in [-0.15, -0.1) is 0 Å². The van der Waals surface area contributed by atoms with Gasteiger partial charge in [-0.3, -0.25) is 0 Å². The van der Waals surface area contributed by atoms with E-state index in [0.29, 0.717) is 22.2 Å². The number of aliphatic carboxylic acids is 2. The monoisotopic (exact) mass is 403 g/mol. The van der Waals surface area contributed by atoms with Crippen molar-refractivity contribution in [2.45, 2.75) is 19.3 Å². The van der Waals surface area contributed by atoms with Gasteiger partial charge in [0.25, 0.3) is 0 Å². The molecular weight excluding hydrogens is 381 g/mol. The smallest absolute Gasteiger partial charge is 0.328 e. The Labute approximate surface area is 162 Å². The SMILES string of the molecule is COCC1(Cc2ccc(Cl)c(Cl)c2)CCNCC1.O=C(O)/C=C/C(=O)O. The Kier molecular flexibility index (Phi) is 9.65. The molecule has 1 saturated heterocycles. The summed E-state index contributed by atoms with van der Waals surface area (Å²) in [5.41, 5.74) is 1.47. The number of ether oxygens (including phenoxy) is 1. The number of methoxy groups -OCH3 is 1. The van der Waals surface area contributed by atoms with Gasteiger partial charge in [0.2, 0.25) is 0 Å². The van der Waals surface area contributed by atoms with Crippen LogP contribution >= 0.6 is 23.2 Å². The number of halogens is 2. The molecule has 2 rings (SSSR count). The van der Waals surface area contributed by atoms with Crippen LogP contribution in [0.2, 0.25) is 10.0 Å². The summed E-state index contributed by atoms with van der Waals surface area (Å²) in [5.74, 6) is -2.51. The van der Waals surface area contributed by atoms with Gasteiger partial charge in [-0.05, 0) is 50.0 Å². The molecule has 0 bridgehead atoms. The van der Waals surface area contributed by atoms with E-state index in [-0.39, 0.29) is 5.41 Å². The van der Waals surface area contributed by atoms with Crippen LogP contribution < -0.4 is 5.32 Å². The normalized spacial score (nSPS) is 16.0. The Morgan fingerprint density at radius 1 is 1.15 bits per heavy atom. The van der Waals surface area contributed by atoms with Crippen molar-refractivity contribution in [3.63, 3.8) is 0 Å². The Balaban J connectivity index is 0.000000359. The number of carboxylic acids is 2. The van der Waals surface area contributed by atoms with E-state index >= 15 is 0 Å². The second-order valence-corrected chi connectivity index (χ2v) is 6.93. The van der Waals surface area contributed by atoms with Gasteiger partial charge in [-0.1, -0.05) is 29.3 Å². The van der Waals surface area contributed by atoms with Gasteiger partial charge in [-0.2, -0.15) is 0 Å². The molecule has 0 spiro atoms. The molecule has 0 unspecified atom stereocenters. The summed E-state index contributed by atoms with van der Waals surface area (Å²) < 4.78 is 5.42. The van der Waals surface area contributed by atoms with E-state index < -0.39 is 11.9 Å². The van der Waals surface area contributed by atoms with E-state index in [2.05, 4.69) is 11.4 Å². The number of carbonyl (C=O) groups is 2. The summed E-state index contributed by atoms with van der Waals surface area (Å²) in [6.07, 6.45) is 4.40.